The molecule has 0 aliphatic heterocycles. The van der Waals surface area contributed by atoms with Gasteiger partial charge in [-0.3, -0.25) is 5.10 Å². The summed E-state index contributed by atoms with van der Waals surface area (Å²) >= 11 is 13.7. The van der Waals surface area contributed by atoms with E-state index in [9.17, 15) is 0 Å². The smallest absolute Gasteiger partial charge is 0.276 e. The van der Waals surface area contributed by atoms with Crippen LogP contribution in [-0.2, 0) is 0 Å². The van der Waals surface area contributed by atoms with Gasteiger partial charge in [0.2, 0.25) is 5.82 Å². The number of hydrogen-bond donors (Lipinski definition) is 1. The zero-order valence-corrected chi connectivity index (χ0v) is 13.8. The molecule has 114 valence electrons. The number of rotatable bonds is 3. The van der Waals surface area contributed by atoms with Crippen LogP contribution < -0.4 is 0 Å². The Morgan fingerprint density at radius 3 is 2.83 bits per heavy atom. The number of aromatic amines is 1. The number of thiophene rings is 1. The largest absolute Gasteiger partial charge is 0.332 e. The van der Waals surface area contributed by atoms with Crippen LogP contribution in [0.5, 0.6) is 0 Å². The third-order valence-electron chi connectivity index (χ3n) is 3.18. The second-order valence-electron chi connectivity index (χ2n) is 4.69. The van der Waals surface area contributed by atoms with Crippen LogP contribution in [0, 0.1) is 0 Å². The molecule has 0 aliphatic rings. The first-order valence-corrected chi connectivity index (χ1v) is 8.23. The fourth-order valence-corrected chi connectivity index (χ4v) is 3.26. The maximum absolute atomic E-state index is 6.20. The molecule has 0 bridgehead atoms. The maximum Gasteiger partial charge on any atom is 0.276 e. The van der Waals surface area contributed by atoms with E-state index >= 15 is 0 Å². The van der Waals surface area contributed by atoms with Crippen LogP contribution in [0.3, 0.4) is 0 Å². The maximum atomic E-state index is 6.20. The van der Waals surface area contributed by atoms with Crippen LogP contribution in [0.25, 0.3) is 33.5 Å². The number of H-pyrrole nitrogens is 1. The minimum Gasteiger partial charge on any atom is -0.332 e. The fourth-order valence-electron chi connectivity index (χ4n) is 2.11. The Bertz CT molecular complexity index is 962. The number of halogens is 2. The molecule has 23 heavy (non-hydrogen) atoms. The van der Waals surface area contributed by atoms with E-state index in [0.717, 1.165) is 10.4 Å². The van der Waals surface area contributed by atoms with Crippen molar-refractivity contribution in [1.82, 2.24) is 20.3 Å². The van der Waals surface area contributed by atoms with E-state index in [1.165, 1.54) is 0 Å². The number of nitrogens with zero attached hydrogens (tertiary/aromatic N) is 3. The van der Waals surface area contributed by atoms with Crippen molar-refractivity contribution in [1.29, 1.82) is 0 Å². The number of nitrogens with one attached hydrogen (secondary N) is 1. The molecule has 0 aliphatic carbocycles. The summed E-state index contributed by atoms with van der Waals surface area (Å²) in [6.07, 6.45) is 0. The van der Waals surface area contributed by atoms with E-state index in [0.29, 0.717) is 33.1 Å². The van der Waals surface area contributed by atoms with Gasteiger partial charge >= 0.3 is 0 Å². The highest BCUT2D eigenvalue weighted by Crippen LogP contribution is 2.31. The predicted octanol–water partition coefficient (Wildman–Crippen LogP) is 5.16. The molecule has 0 radical (unpaired) electrons. The van der Waals surface area contributed by atoms with Crippen molar-refractivity contribution in [3.05, 3.63) is 51.8 Å². The van der Waals surface area contributed by atoms with Crippen LogP contribution in [0.15, 0.2) is 46.3 Å². The SMILES string of the molecule is Clc1ccc(-c2cc(-c3nc(-c4cccs4)no3)[nH]n2)c(Cl)c1. The van der Waals surface area contributed by atoms with Crippen LogP contribution in [0.1, 0.15) is 0 Å². The summed E-state index contributed by atoms with van der Waals surface area (Å²) in [5.41, 5.74) is 2.08. The lowest BCUT2D eigenvalue weighted by Crippen LogP contribution is -1.79. The normalized spacial score (nSPS) is 11.0. The van der Waals surface area contributed by atoms with Gasteiger partial charge in [0.25, 0.3) is 5.89 Å². The first-order chi connectivity index (χ1) is 11.2. The summed E-state index contributed by atoms with van der Waals surface area (Å²) in [5, 5.41) is 14.2. The van der Waals surface area contributed by atoms with Gasteiger partial charge in [0.1, 0.15) is 5.69 Å². The molecular formula is C15H8Cl2N4OS. The van der Waals surface area contributed by atoms with Gasteiger partial charge in [-0.25, -0.2) is 0 Å². The lowest BCUT2D eigenvalue weighted by Gasteiger charge is -1.99. The van der Waals surface area contributed by atoms with E-state index in [1.54, 1.807) is 29.5 Å². The van der Waals surface area contributed by atoms with Gasteiger partial charge in [-0.15, -0.1) is 11.3 Å². The highest BCUT2D eigenvalue weighted by atomic mass is 35.5. The molecule has 0 saturated carbocycles. The molecule has 0 unspecified atom stereocenters. The molecule has 0 spiro atoms. The molecule has 1 aromatic carbocycles. The average molecular weight is 363 g/mol. The number of benzene rings is 1. The van der Waals surface area contributed by atoms with Crippen LogP contribution in [0.2, 0.25) is 10.0 Å². The molecule has 4 aromatic rings. The first-order valence-electron chi connectivity index (χ1n) is 6.59. The van der Waals surface area contributed by atoms with E-state index in [4.69, 9.17) is 27.7 Å². The minimum atomic E-state index is 0.372. The van der Waals surface area contributed by atoms with Crippen LogP contribution in [0.4, 0.5) is 0 Å². The summed E-state index contributed by atoms with van der Waals surface area (Å²) in [7, 11) is 0. The molecular weight excluding hydrogens is 355 g/mol. The van der Waals surface area contributed by atoms with Crippen molar-refractivity contribution in [3.8, 4) is 33.5 Å². The summed E-state index contributed by atoms with van der Waals surface area (Å²) in [4.78, 5) is 5.32. The molecule has 3 aromatic heterocycles. The minimum absolute atomic E-state index is 0.372. The van der Waals surface area contributed by atoms with Crippen LogP contribution >= 0.6 is 34.5 Å². The second-order valence-corrected chi connectivity index (χ2v) is 6.48. The Morgan fingerprint density at radius 1 is 1.13 bits per heavy atom. The summed E-state index contributed by atoms with van der Waals surface area (Å²) in [5.74, 6) is 0.924. The lowest BCUT2D eigenvalue weighted by atomic mass is 10.1. The monoisotopic (exact) mass is 362 g/mol. The predicted molar refractivity (Wildman–Crippen MR) is 90.6 cm³/mol. The Kier molecular flexibility index (Phi) is 3.65. The lowest BCUT2D eigenvalue weighted by molar-refractivity contribution is 0.431. The van der Waals surface area contributed by atoms with E-state index in [1.807, 2.05) is 23.6 Å². The molecule has 8 heteroatoms. The van der Waals surface area contributed by atoms with E-state index in [-0.39, 0.29) is 0 Å². The second kappa shape index (κ2) is 5.81. The molecule has 1 N–H and O–H groups in total. The van der Waals surface area contributed by atoms with Crippen molar-refractivity contribution in [2.24, 2.45) is 0 Å². The van der Waals surface area contributed by atoms with Crippen molar-refractivity contribution in [2.75, 3.05) is 0 Å². The van der Waals surface area contributed by atoms with Gasteiger partial charge in [-0.05, 0) is 35.7 Å². The van der Waals surface area contributed by atoms with Gasteiger partial charge in [0.05, 0.1) is 15.6 Å². The fraction of sp³-hybridized carbons (Fsp3) is 0. The summed E-state index contributed by atoms with van der Waals surface area (Å²) in [6.45, 7) is 0. The quantitative estimate of drug-likeness (QED) is 0.546. The third kappa shape index (κ3) is 2.76. The third-order valence-corrected chi connectivity index (χ3v) is 4.60. The highest BCUT2D eigenvalue weighted by Gasteiger charge is 2.15. The van der Waals surface area contributed by atoms with Gasteiger partial charge in [-0.2, -0.15) is 10.1 Å². The molecule has 0 fully saturated rings. The van der Waals surface area contributed by atoms with Crippen LogP contribution in [-0.4, -0.2) is 20.3 Å². The Labute approximate surface area is 144 Å². The van der Waals surface area contributed by atoms with Gasteiger partial charge in [-0.1, -0.05) is 34.4 Å². The van der Waals surface area contributed by atoms with Gasteiger partial charge in [0, 0.05) is 10.6 Å². The van der Waals surface area contributed by atoms with Crippen molar-refractivity contribution >= 4 is 34.5 Å². The van der Waals surface area contributed by atoms with Gasteiger partial charge in [0.15, 0.2) is 0 Å². The molecule has 5 nitrogen and oxygen atoms in total. The topological polar surface area (TPSA) is 67.6 Å². The standard InChI is InChI=1S/C15H8Cl2N4OS/c16-8-3-4-9(10(17)6-8)11-7-12(20-19-11)15-18-14(21-22-15)13-2-1-5-23-13/h1-7H,(H,19,20). The zero-order chi connectivity index (χ0) is 15.8. The first kappa shape index (κ1) is 14.4. The Hall–Kier alpha value is -2.15. The Balaban J connectivity index is 1.68. The van der Waals surface area contributed by atoms with Crippen molar-refractivity contribution in [3.63, 3.8) is 0 Å². The molecule has 0 atom stereocenters. The Morgan fingerprint density at radius 2 is 2.04 bits per heavy atom. The van der Waals surface area contributed by atoms with E-state index in [2.05, 4.69) is 20.3 Å². The molecule has 3 heterocycles. The summed E-state index contributed by atoms with van der Waals surface area (Å²) in [6, 6.07) is 10.9. The molecule has 0 amide bonds. The number of aromatic nitrogens is 4. The average Bonchev–Trinajstić information content (AvgIpc) is 3.27. The number of hydrogen-bond acceptors (Lipinski definition) is 5. The zero-order valence-electron chi connectivity index (χ0n) is 11.5. The van der Waals surface area contributed by atoms with Crippen molar-refractivity contribution in [2.45, 2.75) is 0 Å². The van der Waals surface area contributed by atoms with E-state index < -0.39 is 0 Å². The molecule has 0 saturated heterocycles. The van der Waals surface area contributed by atoms with Crippen molar-refractivity contribution < 1.29 is 4.52 Å². The molecule has 4 rings (SSSR count). The highest BCUT2D eigenvalue weighted by molar-refractivity contribution is 7.13. The summed E-state index contributed by atoms with van der Waals surface area (Å²) < 4.78 is 5.29. The van der Waals surface area contributed by atoms with Gasteiger partial charge < -0.3 is 4.52 Å².